The second kappa shape index (κ2) is 7.02. The molecule has 16 heavy (non-hydrogen) atoms. The van der Waals surface area contributed by atoms with Gasteiger partial charge in [0.1, 0.15) is 5.82 Å². The summed E-state index contributed by atoms with van der Waals surface area (Å²) in [5, 5.41) is 5.79. The molecule has 1 rings (SSSR count). The van der Waals surface area contributed by atoms with E-state index in [0.29, 0.717) is 19.6 Å². The van der Waals surface area contributed by atoms with E-state index in [4.69, 9.17) is 0 Å². The Morgan fingerprint density at radius 1 is 1.44 bits per heavy atom. The summed E-state index contributed by atoms with van der Waals surface area (Å²) in [5.41, 5.74) is 0. The van der Waals surface area contributed by atoms with Crippen molar-refractivity contribution in [2.75, 3.05) is 20.1 Å². The van der Waals surface area contributed by atoms with Crippen molar-refractivity contribution >= 4 is 18.8 Å². The summed E-state index contributed by atoms with van der Waals surface area (Å²) in [6.07, 6.45) is 3.39. The Morgan fingerprint density at radius 3 is 2.75 bits per heavy atom. The molecule has 2 amide bonds. The molecule has 1 heterocycles. The van der Waals surface area contributed by atoms with Crippen LogP contribution in [-0.2, 0) is 6.54 Å². The Morgan fingerprint density at radius 2 is 2.12 bits per heavy atom. The van der Waals surface area contributed by atoms with Crippen LogP contribution in [0.3, 0.4) is 0 Å². The van der Waals surface area contributed by atoms with Gasteiger partial charge in [0.05, 0.1) is 6.54 Å². The summed E-state index contributed by atoms with van der Waals surface area (Å²) in [5.74, 6) is 0.736. The van der Waals surface area contributed by atoms with Crippen LogP contribution in [0.25, 0.3) is 0 Å². The summed E-state index contributed by atoms with van der Waals surface area (Å²) in [6.45, 7) is 1.79. The molecular weight excluding hydrogens is 226 g/mol. The van der Waals surface area contributed by atoms with Crippen molar-refractivity contribution in [1.29, 1.82) is 0 Å². The predicted molar refractivity (Wildman–Crippen MR) is 63.9 cm³/mol. The van der Waals surface area contributed by atoms with E-state index >= 15 is 0 Å². The van der Waals surface area contributed by atoms with E-state index in [1.54, 1.807) is 25.5 Å². The van der Waals surface area contributed by atoms with Crippen LogP contribution in [0.15, 0.2) is 18.5 Å². The highest BCUT2D eigenvalue weighted by molar-refractivity contribution is 7.78. The molecule has 0 saturated heterocycles. The van der Waals surface area contributed by atoms with Gasteiger partial charge in [0, 0.05) is 32.5 Å². The molecule has 7 heteroatoms. The van der Waals surface area contributed by atoms with Gasteiger partial charge in [-0.3, -0.25) is 4.31 Å². The SMILES string of the molecule is CN(S)C(=O)NCCNCc1ncccn1. The number of urea groups is 1. The molecule has 0 aliphatic carbocycles. The summed E-state index contributed by atoms with van der Waals surface area (Å²) >= 11 is 3.86. The van der Waals surface area contributed by atoms with E-state index in [9.17, 15) is 4.79 Å². The number of rotatable bonds is 5. The molecule has 0 spiro atoms. The first-order chi connectivity index (χ1) is 7.70. The van der Waals surface area contributed by atoms with Gasteiger partial charge in [0.15, 0.2) is 0 Å². The van der Waals surface area contributed by atoms with E-state index in [-0.39, 0.29) is 6.03 Å². The van der Waals surface area contributed by atoms with Crippen LogP contribution >= 0.6 is 12.8 Å². The monoisotopic (exact) mass is 241 g/mol. The van der Waals surface area contributed by atoms with Gasteiger partial charge in [0.2, 0.25) is 0 Å². The van der Waals surface area contributed by atoms with Gasteiger partial charge in [-0.25, -0.2) is 14.8 Å². The van der Waals surface area contributed by atoms with E-state index in [1.165, 1.54) is 4.31 Å². The summed E-state index contributed by atoms with van der Waals surface area (Å²) in [6, 6.07) is 1.55. The standard InChI is InChI=1S/C9H15N5OS/c1-14(16)9(15)13-6-5-10-7-8-11-3-2-4-12-8/h2-4,10,16H,5-7H2,1H3,(H,13,15). The molecule has 88 valence electrons. The van der Waals surface area contributed by atoms with Gasteiger partial charge in [-0.15, -0.1) is 0 Å². The van der Waals surface area contributed by atoms with Crippen molar-refractivity contribution in [3.8, 4) is 0 Å². The minimum absolute atomic E-state index is 0.221. The number of nitrogens with one attached hydrogen (secondary N) is 2. The highest BCUT2D eigenvalue weighted by Crippen LogP contribution is 1.86. The van der Waals surface area contributed by atoms with E-state index in [2.05, 4.69) is 33.4 Å². The Kier molecular flexibility index (Phi) is 5.58. The lowest BCUT2D eigenvalue weighted by molar-refractivity contribution is 0.231. The van der Waals surface area contributed by atoms with Gasteiger partial charge in [0.25, 0.3) is 0 Å². The van der Waals surface area contributed by atoms with Crippen LogP contribution in [0.1, 0.15) is 5.82 Å². The molecule has 0 bridgehead atoms. The minimum Gasteiger partial charge on any atom is -0.336 e. The molecule has 2 N–H and O–H groups in total. The zero-order chi connectivity index (χ0) is 11.8. The average Bonchev–Trinajstić information content (AvgIpc) is 2.29. The van der Waals surface area contributed by atoms with Crippen molar-refractivity contribution < 1.29 is 4.79 Å². The number of aromatic nitrogens is 2. The lowest BCUT2D eigenvalue weighted by atomic mass is 10.5. The van der Waals surface area contributed by atoms with Crippen LogP contribution in [-0.4, -0.2) is 40.4 Å². The number of nitrogens with zero attached hydrogens (tertiary/aromatic N) is 3. The van der Waals surface area contributed by atoms with Crippen molar-refractivity contribution in [1.82, 2.24) is 24.9 Å². The number of carbonyl (C=O) groups excluding carboxylic acids is 1. The number of thiol groups is 1. The number of amides is 2. The average molecular weight is 241 g/mol. The van der Waals surface area contributed by atoms with Gasteiger partial charge >= 0.3 is 6.03 Å². The third-order valence-electron chi connectivity index (χ3n) is 1.77. The van der Waals surface area contributed by atoms with Crippen molar-refractivity contribution in [2.24, 2.45) is 0 Å². The van der Waals surface area contributed by atoms with Crippen LogP contribution in [0.2, 0.25) is 0 Å². The lowest BCUT2D eigenvalue weighted by Crippen LogP contribution is -2.36. The maximum Gasteiger partial charge on any atom is 0.326 e. The van der Waals surface area contributed by atoms with E-state index in [0.717, 1.165) is 5.82 Å². The number of hydrogen-bond donors (Lipinski definition) is 3. The number of hydrogen-bond acceptors (Lipinski definition) is 5. The van der Waals surface area contributed by atoms with Crippen molar-refractivity contribution in [2.45, 2.75) is 6.54 Å². The topological polar surface area (TPSA) is 70.2 Å². The summed E-state index contributed by atoms with van der Waals surface area (Å²) in [7, 11) is 1.57. The van der Waals surface area contributed by atoms with Gasteiger partial charge < -0.3 is 10.6 Å². The third kappa shape index (κ3) is 4.94. The molecule has 0 fully saturated rings. The molecule has 0 atom stereocenters. The van der Waals surface area contributed by atoms with Gasteiger partial charge in [-0.1, -0.05) is 12.8 Å². The molecule has 1 aromatic heterocycles. The first-order valence-electron chi connectivity index (χ1n) is 4.87. The number of carbonyl (C=O) groups is 1. The Bertz CT molecular complexity index is 319. The van der Waals surface area contributed by atoms with Crippen LogP contribution in [0.4, 0.5) is 4.79 Å². The lowest BCUT2D eigenvalue weighted by Gasteiger charge is -2.10. The first kappa shape index (κ1) is 12.7. The fourth-order valence-electron chi connectivity index (χ4n) is 0.994. The second-order valence-corrected chi connectivity index (χ2v) is 3.70. The smallest absolute Gasteiger partial charge is 0.326 e. The molecule has 0 aliphatic rings. The summed E-state index contributed by atoms with van der Waals surface area (Å²) in [4.78, 5) is 19.2. The van der Waals surface area contributed by atoms with Crippen LogP contribution in [0.5, 0.6) is 0 Å². The van der Waals surface area contributed by atoms with Gasteiger partial charge in [-0.2, -0.15) is 0 Å². The zero-order valence-corrected chi connectivity index (χ0v) is 9.94. The van der Waals surface area contributed by atoms with Crippen LogP contribution in [0, 0.1) is 0 Å². The highest BCUT2D eigenvalue weighted by Gasteiger charge is 2.01. The van der Waals surface area contributed by atoms with Crippen molar-refractivity contribution in [3.05, 3.63) is 24.3 Å². The minimum atomic E-state index is -0.221. The summed E-state index contributed by atoms with van der Waals surface area (Å²) < 4.78 is 1.19. The van der Waals surface area contributed by atoms with Crippen molar-refractivity contribution in [3.63, 3.8) is 0 Å². The zero-order valence-electron chi connectivity index (χ0n) is 9.05. The Balaban J connectivity index is 2.07. The molecule has 0 saturated carbocycles. The maximum absolute atomic E-state index is 11.1. The maximum atomic E-state index is 11.1. The van der Waals surface area contributed by atoms with E-state index in [1.807, 2.05) is 0 Å². The molecule has 1 aromatic rings. The quantitative estimate of drug-likeness (QED) is 0.503. The fraction of sp³-hybridized carbons (Fsp3) is 0.444. The predicted octanol–water partition coefficient (Wildman–Crippen LogP) is 0.0524. The fourth-order valence-corrected chi connectivity index (χ4v) is 1.06. The Hall–Kier alpha value is -1.34. The molecule has 6 nitrogen and oxygen atoms in total. The Labute approximate surface area is 100 Å². The highest BCUT2D eigenvalue weighted by atomic mass is 32.1. The molecule has 0 aromatic carbocycles. The molecule has 0 aliphatic heterocycles. The molecule has 0 unspecified atom stereocenters. The van der Waals surface area contributed by atoms with Crippen LogP contribution < -0.4 is 10.6 Å². The first-order valence-corrected chi connectivity index (χ1v) is 5.27. The van der Waals surface area contributed by atoms with E-state index < -0.39 is 0 Å². The third-order valence-corrected chi connectivity index (χ3v) is 1.96. The largest absolute Gasteiger partial charge is 0.336 e. The normalized spacial score (nSPS) is 9.88. The molecule has 0 radical (unpaired) electrons. The molecular formula is C9H15N5OS. The second-order valence-electron chi connectivity index (χ2n) is 3.10. The van der Waals surface area contributed by atoms with Gasteiger partial charge in [-0.05, 0) is 6.07 Å².